The standard InChI is InChI=1S/C13H10N2O5/c14-7-9-2-1-3-10(6-9)12(17)20-8-11(16)15-4-5-19-13(15)18/h1-3,6H,4-5,8H2. The van der Waals surface area contributed by atoms with Crippen LogP contribution in [-0.4, -0.2) is 42.6 Å². The summed E-state index contributed by atoms with van der Waals surface area (Å²) in [4.78, 5) is 35.3. The highest BCUT2D eigenvalue weighted by atomic mass is 16.6. The van der Waals surface area contributed by atoms with Gasteiger partial charge in [0, 0.05) is 0 Å². The number of ether oxygens (including phenoxy) is 2. The van der Waals surface area contributed by atoms with Crippen molar-refractivity contribution in [3.8, 4) is 6.07 Å². The minimum atomic E-state index is -0.738. The molecule has 0 aliphatic carbocycles. The van der Waals surface area contributed by atoms with Crippen LogP contribution in [0.3, 0.4) is 0 Å². The van der Waals surface area contributed by atoms with Crippen LogP contribution in [0, 0.1) is 11.3 Å². The lowest BCUT2D eigenvalue weighted by Crippen LogP contribution is -2.35. The molecule has 0 aromatic heterocycles. The smallest absolute Gasteiger partial charge is 0.416 e. The number of hydrogen-bond donors (Lipinski definition) is 0. The fourth-order valence-corrected chi connectivity index (χ4v) is 1.62. The number of hydrogen-bond acceptors (Lipinski definition) is 6. The number of nitrogens with zero attached hydrogens (tertiary/aromatic N) is 2. The Morgan fingerprint density at radius 3 is 2.90 bits per heavy atom. The monoisotopic (exact) mass is 274 g/mol. The number of imide groups is 1. The predicted octanol–water partition coefficient (Wildman–Crippen LogP) is 0.694. The van der Waals surface area contributed by atoms with Gasteiger partial charge < -0.3 is 9.47 Å². The van der Waals surface area contributed by atoms with Crippen LogP contribution in [0.15, 0.2) is 24.3 Å². The van der Waals surface area contributed by atoms with Crippen molar-refractivity contribution in [3.63, 3.8) is 0 Å². The molecule has 102 valence electrons. The van der Waals surface area contributed by atoms with Crippen LogP contribution < -0.4 is 0 Å². The summed E-state index contributed by atoms with van der Waals surface area (Å²) < 4.78 is 9.40. The molecule has 1 aromatic carbocycles. The molecule has 20 heavy (non-hydrogen) atoms. The molecule has 0 spiro atoms. The third-order valence-electron chi connectivity index (χ3n) is 2.62. The molecule has 1 aliphatic rings. The van der Waals surface area contributed by atoms with Crippen molar-refractivity contribution in [2.24, 2.45) is 0 Å². The summed E-state index contributed by atoms with van der Waals surface area (Å²) in [5, 5.41) is 8.72. The Labute approximate surface area is 114 Å². The van der Waals surface area contributed by atoms with E-state index < -0.39 is 24.6 Å². The SMILES string of the molecule is N#Cc1cccc(C(=O)OCC(=O)N2CCOC2=O)c1. The van der Waals surface area contributed by atoms with E-state index >= 15 is 0 Å². The number of esters is 1. The van der Waals surface area contributed by atoms with Gasteiger partial charge in [-0.2, -0.15) is 5.26 Å². The minimum absolute atomic E-state index is 0.142. The average molecular weight is 274 g/mol. The van der Waals surface area contributed by atoms with E-state index in [1.54, 1.807) is 6.07 Å². The maximum absolute atomic E-state index is 11.7. The van der Waals surface area contributed by atoms with Crippen LogP contribution in [0.2, 0.25) is 0 Å². The predicted molar refractivity (Wildman–Crippen MR) is 64.5 cm³/mol. The van der Waals surface area contributed by atoms with E-state index in [-0.39, 0.29) is 18.7 Å². The van der Waals surface area contributed by atoms with Crippen molar-refractivity contribution >= 4 is 18.0 Å². The summed E-state index contributed by atoms with van der Waals surface area (Å²) >= 11 is 0. The van der Waals surface area contributed by atoms with Gasteiger partial charge >= 0.3 is 12.1 Å². The van der Waals surface area contributed by atoms with Crippen LogP contribution in [0.5, 0.6) is 0 Å². The molecule has 1 fully saturated rings. The van der Waals surface area contributed by atoms with Gasteiger partial charge in [0.1, 0.15) is 6.61 Å². The number of rotatable bonds is 3. The van der Waals surface area contributed by atoms with E-state index in [4.69, 9.17) is 10.00 Å². The molecule has 1 heterocycles. The van der Waals surface area contributed by atoms with Gasteiger partial charge in [-0.25, -0.2) is 14.5 Å². The Kier molecular flexibility index (Phi) is 3.96. The Morgan fingerprint density at radius 2 is 2.25 bits per heavy atom. The molecule has 0 unspecified atom stereocenters. The molecule has 2 rings (SSSR count). The molecule has 0 saturated carbocycles. The highest BCUT2D eigenvalue weighted by Gasteiger charge is 2.29. The highest BCUT2D eigenvalue weighted by molar-refractivity contribution is 5.96. The minimum Gasteiger partial charge on any atom is -0.452 e. The zero-order valence-electron chi connectivity index (χ0n) is 10.4. The lowest BCUT2D eigenvalue weighted by molar-refractivity contribution is -0.131. The first kappa shape index (κ1) is 13.5. The summed E-state index contributed by atoms with van der Waals surface area (Å²) in [6, 6.07) is 7.80. The van der Waals surface area contributed by atoms with E-state index in [1.165, 1.54) is 18.2 Å². The molecular weight excluding hydrogens is 264 g/mol. The zero-order valence-corrected chi connectivity index (χ0v) is 10.4. The maximum atomic E-state index is 11.7. The average Bonchev–Trinajstić information content (AvgIpc) is 2.90. The van der Waals surface area contributed by atoms with Gasteiger partial charge in [0.05, 0.1) is 23.7 Å². The Hall–Kier alpha value is -2.88. The molecule has 0 bridgehead atoms. The quantitative estimate of drug-likeness (QED) is 0.752. The molecule has 0 radical (unpaired) electrons. The van der Waals surface area contributed by atoms with Crippen LogP contribution in [-0.2, 0) is 14.3 Å². The number of carbonyl (C=O) groups is 3. The molecule has 7 nitrogen and oxygen atoms in total. The van der Waals surface area contributed by atoms with Crippen molar-refractivity contribution < 1.29 is 23.9 Å². The lowest BCUT2D eigenvalue weighted by Gasteiger charge is -2.10. The Morgan fingerprint density at radius 1 is 1.45 bits per heavy atom. The third kappa shape index (κ3) is 2.92. The molecule has 1 saturated heterocycles. The van der Waals surface area contributed by atoms with E-state index in [9.17, 15) is 14.4 Å². The number of amides is 2. The van der Waals surface area contributed by atoms with Crippen LogP contribution in [0.1, 0.15) is 15.9 Å². The molecule has 2 amide bonds. The summed E-state index contributed by atoms with van der Waals surface area (Å²) in [5.74, 6) is -1.37. The summed E-state index contributed by atoms with van der Waals surface area (Å²) in [6.45, 7) is -0.257. The molecule has 0 N–H and O–H groups in total. The molecule has 1 aliphatic heterocycles. The fraction of sp³-hybridized carbons (Fsp3) is 0.231. The van der Waals surface area contributed by atoms with E-state index in [2.05, 4.69) is 4.74 Å². The van der Waals surface area contributed by atoms with Gasteiger partial charge in [-0.1, -0.05) is 6.07 Å². The van der Waals surface area contributed by atoms with Gasteiger partial charge in [-0.3, -0.25) is 4.79 Å². The normalized spacial score (nSPS) is 13.6. The first-order valence-electron chi connectivity index (χ1n) is 5.76. The number of cyclic esters (lactones) is 1. The largest absolute Gasteiger partial charge is 0.452 e. The van der Waals surface area contributed by atoms with Crippen molar-refractivity contribution in [1.82, 2.24) is 4.90 Å². The molecule has 1 aromatic rings. The number of carbonyl (C=O) groups excluding carboxylic acids is 3. The summed E-state index contributed by atoms with van der Waals surface area (Å²) in [7, 11) is 0. The van der Waals surface area contributed by atoms with Gasteiger partial charge in [-0.05, 0) is 18.2 Å². The van der Waals surface area contributed by atoms with Crippen LogP contribution in [0.4, 0.5) is 4.79 Å². The molecule has 7 heteroatoms. The maximum Gasteiger partial charge on any atom is 0.416 e. The van der Waals surface area contributed by atoms with E-state index in [0.29, 0.717) is 5.56 Å². The van der Waals surface area contributed by atoms with Crippen molar-refractivity contribution in [2.75, 3.05) is 19.8 Å². The highest BCUT2D eigenvalue weighted by Crippen LogP contribution is 2.07. The van der Waals surface area contributed by atoms with Gasteiger partial charge in [0.15, 0.2) is 6.61 Å². The topological polar surface area (TPSA) is 96.7 Å². The second-order valence-electron chi connectivity index (χ2n) is 3.93. The zero-order chi connectivity index (χ0) is 14.5. The van der Waals surface area contributed by atoms with Crippen molar-refractivity contribution in [1.29, 1.82) is 5.26 Å². The first-order chi connectivity index (χ1) is 9.61. The van der Waals surface area contributed by atoms with Gasteiger partial charge in [0.2, 0.25) is 0 Å². The number of nitriles is 1. The van der Waals surface area contributed by atoms with Crippen molar-refractivity contribution in [2.45, 2.75) is 0 Å². The molecule has 0 atom stereocenters. The molecular formula is C13H10N2O5. The number of benzene rings is 1. The first-order valence-corrected chi connectivity index (χ1v) is 5.76. The van der Waals surface area contributed by atoms with E-state index in [1.807, 2.05) is 6.07 Å². The summed E-state index contributed by atoms with van der Waals surface area (Å²) in [6.07, 6.45) is -0.738. The van der Waals surface area contributed by atoms with Gasteiger partial charge in [0.25, 0.3) is 5.91 Å². The lowest BCUT2D eigenvalue weighted by atomic mass is 10.1. The van der Waals surface area contributed by atoms with Crippen molar-refractivity contribution in [3.05, 3.63) is 35.4 Å². The fourth-order valence-electron chi connectivity index (χ4n) is 1.62. The second kappa shape index (κ2) is 5.84. The Balaban J connectivity index is 1.93. The summed E-state index contributed by atoms with van der Waals surface area (Å²) in [5.41, 5.74) is 0.481. The van der Waals surface area contributed by atoms with Crippen LogP contribution >= 0.6 is 0 Å². The second-order valence-corrected chi connectivity index (χ2v) is 3.93. The Bertz CT molecular complexity index is 605. The van der Waals surface area contributed by atoms with Crippen LogP contribution in [0.25, 0.3) is 0 Å². The third-order valence-corrected chi connectivity index (χ3v) is 2.62. The van der Waals surface area contributed by atoms with Gasteiger partial charge in [-0.15, -0.1) is 0 Å². The van der Waals surface area contributed by atoms with E-state index in [0.717, 1.165) is 4.90 Å².